The van der Waals surface area contributed by atoms with Crippen LogP contribution < -0.4 is 5.43 Å². The summed E-state index contributed by atoms with van der Waals surface area (Å²) in [6, 6.07) is 14.2. The van der Waals surface area contributed by atoms with Gasteiger partial charge in [-0.3, -0.25) is 4.79 Å². The highest BCUT2D eigenvalue weighted by Crippen LogP contribution is 2.22. The van der Waals surface area contributed by atoms with Crippen LogP contribution in [0.3, 0.4) is 0 Å². The van der Waals surface area contributed by atoms with E-state index < -0.39 is 0 Å². The number of nitrogens with zero attached hydrogens (tertiary/aromatic N) is 2. The van der Waals surface area contributed by atoms with Crippen molar-refractivity contribution in [3.63, 3.8) is 0 Å². The second-order valence-corrected chi connectivity index (χ2v) is 6.16. The lowest BCUT2D eigenvalue weighted by atomic mass is 10.1. The molecule has 0 saturated carbocycles. The van der Waals surface area contributed by atoms with E-state index in [1.54, 1.807) is 24.3 Å². The first-order valence-electron chi connectivity index (χ1n) is 7.79. The van der Waals surface area contributed by atoms with Gasteiger partial charge in [0.05, 0.1) is 11.5 Å². The Kier molecular flexibility index (Phi) is 5.35. The largest absolute Gasteiger partial charge is 0.508 e. The molecule has 0 radical (unpaired) electrons. The molecule has 1 amide bonds. The maximum absolute atomic E-state index is 12.0. The molecule has 0 aliphatic rings. The molecule has 25 heavy (non-hydrogen) atoms. The number of nitrogens with one attached hydrogen (secondary N) is 1. The number of aromatic nitrogens is 1. The number of aromatic hydroxyl groups is 1. The highest BCUT2D eigenvalue weighted by atomic mass is 32.2. The Bertz CT molecular complexity index is 870. The van der Waals surface area contributed by atoms with Crippen LogP contribution in [-0.2, 0) is 4.79 Å². The zero-order valence-corrected chi connectivity index (χ0v) is 14.4. The van der Waals surface area contributed by atoms with E-state index in [1.165, 1.54) is 11.8 Å². The summed E-state index contributed by atoms with van der Waals surface area (Å²) in [6.45, 7) is 1.95. The number of thioether (sulfide) groups is 1. The van der Waals surface area contributed by atoms with Crippen LogP contribution in [0, 0.1) is 0 Å². The number of phenolic OH excluding ortho intramolecular Hbond substituents is 1. The van der Waals surface area contributed by atoms with Gasteiger partial charge in [0.2, 0.25) is 0 Å². The molecule has 2 aromatic carbocycles. The minimum absolute atomic E-state index is 0.156. The van der Waals surface area contributed by atoms with Crippen molar-refractivity contribution < 1.29 is 14.3 Å². The summed E-state index contributed by atoms with van der Waals surface area (Å²) in [5, 5.41) is 14.0. The van der Waals surface area contributed by atoms with E-state index in [2.05, 4.69) is 15.5 Å². The summed E-state index contributed by atoms with van der Waals surface area (Å²) in [7, 11) is 0. The van der Waals surface area contributed by atoms with Crippen LogP contribution in [0.15, 0.2) is 63.3 Å². The van der Waals surface area contributed by atoms with Crippen molar-refractivity contribution in [3.8, 4) is 5.75 Å². The van der Waals surface area contributed by atoms with Crippen LogP contribution in [0.1, 0.15) is 18.9 Å². The maximum Gasteiger partial charge on any atom is 0.257 e. The minimum Gasteiger partial charge on any atom is -0.508 e. The first-order chi connectivity index (χ1) is 12.2. The fourth-order valence-electron chi connectivity index (χ4n) is 2.20. The van der Waals surface area contributed by atoms with Gasteiger partial charge in [0.25, 0.3) is 11.1 Å². The molecular formula is C18H17N3O3S. The van der Waals surface area contributed by atoms with Gasteiger partial charge in [-0.2, -0.15) is 5.10 Å². The molecule has 6 nitrogen and oxygen atoms in total. The van der Waals surface area contributed by atoms with Crippen molar-refractivity contribution in [3.05, 3.63) is 54.1 Å². The molecule has 0 spiro atoms. The maximum atomic E-state index is 12.0. The summed E-state index contributed by atoms with van der Waals surface area (Å²) in [5.74, 6) is 0.109. The number of fused-ring (bicyclic) bond motifs is 1. The fourth-order valence-corrected chi connectivity index (χ4v) is 2.83. The highest BCUT2D eigenvalue weighted by molar-refractivity contribution is 7.99. The fraction of sp³-hybridized carbons (Fsp3) is 0.167. The van der Waals surface area contributed by atoms with Crippen molar-refractivity contribution in [1.82, 2.24) is 10.4 Å². The number of benzene rings is 2. The van der Waals surface area contributed by atoms with Gasteiger partial charge in [-0.15, -0.1) is 0 Å². The smallest absolute Gasteiger partial charge is 0.257 e. The number of hydrazone groups is 1. The Morgan fingerprint density at radius 1 is 1.24 bits per heavy atom. The van der Waals surface area contributed by atoms with E-state index in [9.17, 15) is 9.90 Å². The number of carbonyl (C=O) groups excluding carboxylic acids is 1. The summed E-state index contributed by atoms with van der Waals surface area (Å²) >= 11 is 1.22. The van der Waals surface area contributed by atoms with Gasteiger partial charge in [-0.05, 0) is 48.4 Å². The SMILES string of the molecule is CCC(=NNC(=O)CSc1nc2ccccc2o1)c1ccc(O)cc1. The third-order valence-electron chi connectivity index (χ3n) is 3.45. The Morgan fingerprint density at radius 3 is 2.72 bits per heavy atom. The summed E-state index contributed by atoms with van der Waals surface area (Å²) in [6.07, 6.45) is 0.656. The predicted octanol–water partition coefficient (Wildman–Crippen LogP) is 3.56. The number of para-hydroxylation sites is 2. The van der Waals surface area contributed by atoms with E-state index in [0.29, 0.717) is 17.2 Å². The molecule has 7 heteroatoms. The molecular weight excluding hydrogens is 338 g/mol. The molecule has 0 aliphatic heterocycles. The molecule has 0 fully saturated rings. The summed E-state index contributed by atoms with van der Waals surface area (Å²) < 4.78 is 5.56. The van der Waals surface area contributed by atoms with Crippen molar-refractivity contribution in [1.29, 1.82) is 0 Å². The number of carbonyl (C=O) groups is 1. The zero-order valence-electron chi connectivity index (χ0n) is 13.6. The number of phenols is 1. The first kappa shape index (κ1) is 17.0. The van der Waals surface area contributed by atoms with Gasteiger partial charge in [0.15, 0.2) is 5.58 Å². The molecule has 0 atom stereocenters. The molecule has 2 N–H and O–H groups in total. The molecule has 3 aromatic rings. The molecule has 3 rings (SSSR count). The van der Waals surface area contributed by atoms with E-state index in [1.807, 2.05) is 31.2 Å². The standard InChI is InChI=1S/C18H17N3O3S/c1-2-14(12-7-9-13(22)10-8-12)20-21-17(23)11-25-18-19-15-5-3-4-6-16(15)24-18/h3-10,22H,2,11H2,1H3,(H,21,23). The second-order valence-electron chi connectivity index (χ2n) is 5.23. The van der Waals surface area contributed by atoms with E-state index >= 15 is 0 Å². The van der Waals surface area contributed by atoms with E-state index in [4.69, 9.17) is 4.42 Å². The Hall–Kier alpha value is -2.80. The van der Waals surface area contributed by atoms with Gasteiger partial charge in [0, 0.05) is 0 Å². The lowest BCUT2D eigenvalue weighted by Crippen LogP contribution is -2.21. The van der Waals surface area contributed by atoms with Crippen molar-refractivity contribution in [2.45, 2.75) is 18.6 Å². The lowest BCUT2D eigenvalue weighted by Gasteiger charge is -2.05. The van der Waals surface area contributed by atoms with Crippen LogP contribution in [0.25, 0.3) is 11.1 Å². The molecule has 1 aromatic heterocycles. The van der Waals surface area contributed by atoms with Crippen molar-refractivity contribution >= 4 is 34.5 Å². The van der Waals surface area contributed by atoms with Crippen LogP contribution >= 0.6 is 11.8 Å². The van der Waals surface area contributed by atoms with E-state index in [-0.39, 0.29) is 17.4 Å². The Labute approximate surface area is 149 Å². The average Bonchev–Trinajstić information content (AvgIpc) is 3.05. The van der Waals surface area contributed by atoms with Crippen LogP contribution in [0.4, 0.5) is 0 Å². The zero-order chi connectivity index (χ0) is 17.6. The van der Waals surface area contributed by atoms with Gasteiger partial charge in [-0.25, -0.2) is 10.4 Å². The third kappa shape index (κ3) is 4.39. The minimum atomic E-state index is -0.239. The quantitative estimate of drug-likeness (QED) is 0.401. The Morgan fingerprint density at radius 2 is 2.00 bits per heavy atom. The number of hydrogen-bond acceptors (Lipinski definition) is 6. The van der Waals surface area contributed by atoms with Crippen molar-refractivity contribution in [2.24, 2.45) is 5.10 Å². The second kappa shape index (κ2) is 7.85. The van der Waals surface area contributed by atoms with Gasteiger partial charge >= 0.3 is 0 Å². The number of amides is 1. The predicted molar refractivity (Wildman–Crippen MR) is 97.8 cm³/mol. The monoisotopic (exact) mass is 355 g/mol. The normalized spacial score (nSPS) is 11.6. The van der Waals surface area contributed by atoms with Crippen molar-refractivity contribution in [2.75, 3.05) is 5.75 Å². The molecule has 0 unspecified atom stereocenters. The van der Waals surface area contributed by atoms with Gasteiger partial charge < -0.3 is 9.52 Å². The van der Waals surface area contributed by atoms with Gasteiger partial charge in [-0.1, -0.05) is 30.8 Å². The van der Waals surface area contributed by atoms with Crippen LogP contribution in [0.5, 0.6) is 5.75 Å². The van der Waals surface area contributed by atoms with Crippen LogP contribution in [0.2, 0.25) is 0 Å². The van der Waals surface area contributed by atoms with Gasteiger partial charge in [0.1, 0.15) is 11.3 Å². The lowest BCUT2D eigenvalue weighted by molar-refractivity contribution is -0.118. The third-order valence-corrected chi connectivity index (χ3v) is 4.28. The average molecular weight is 355 g/mol. The molecule has 128 valence electrons. The molecule has 0 bridgehead atoms. The van der Waals surface area contributed by atoms with E-state index in [0.717, 1.165) is 16.8 Å². The van der Waals surface area contributed by atoms with Crippen LogP contribution in [-0.4, -0.2) is 27.5 Å². The highest BCUT2D eigenvalue weighted by Gasteiger charge is 2.09. The topological polar surface area (TPSA) is 87.7 Å². The summed E-state index contributed by atoms with van der Waals surface area (Å²) in [5.41, 5.74) is 5.60. The molecule has 0 saturated heterocycles. The Balaban J connectivity index is 1.58. The molecule has 0 aliphatic carbocycles. The molecule has 1 heterocycles. The first-order valence-corrected chi connectivity index (χ1v) is 8.77. The number of rotatable bonds is 6. The summed E-state index contributed by atoms with van der Waals surface area (Å²) in [4.78, 5) is 16.3. The number of hydrogen-bond donors (Lipinski definition) is 2. The number of oxazole rings is 1.